The number of benzene rings is 1. The van der Waals surface area contributed by atoms with E-state index in [-0.39, 0.29) is 23.7 Å². The first-order valence-corrected chi connectivity index (χ1v) is 4.91. The minimum Gasteiger partial charge on any atom is -0.504 e. The Labute approximate surface area is 97.3 Å². The number of cyclic esters (lactones) is 1. The van der Waals surface area contributed by atoms with E-state index in [1.165, 1.54) is 19.3 Å². The molecule has 88 valence electrons. The number of phenolic OH excluding ortho intramolecular Hbond substituents is 1. The number of hydrogen-bond donors (Lipinski definition) is 1. The minimum absolute atomic E-state index is 0.00503. The molecule has 17 heavy (non-hydrogen) atoms. The number of rotatable bonds is 2. The number of hydrogen-bond acceptors (Lipinski definition) is 5. The van der Waals surface area contributed by atoms with E-state index in [1.807, 2.05) is 0 Å². The van der Waals surface area contributed by atoms with Crippen molar-refractivity contribution in [2.24, 2.45) is 0 Å². The van der Waals surface area contributed by atoms with E-state index < -0.39 is 5.97 Å². The second kappa shape index (κ2) is 4.29. The molecule has 1 aliphatic rings. The number of carbonyl (C=O) groups is 2. The van der Waals surface area contributed by atoms with Crippen molar-refractivity contribution in [3.8, 4) is 11.5 Å². The molecule has 1 aromatic carbocycles. The lowest BCUT2D eigenvalue weighted by Gasteiger charge is -2.03. The zero-order valence-electron chi connectivity index (χ0n) is 9.10. The Bertz CT molecular complexity index is 498. The summed E-state index contributed by atoms with van der Waals surface area (Å²) in [6.07, 6.45) is 1.39. The van der Waals surface area contributed by atoms with Crippen LogP contribution in [-0.4, -0.2) is 30.6 Å². The predicted octanol–water partition coefficient (Wildman–Crippen LogP) is 0.910. The summed E-state index contributed by atoms with van der Waals surface area (Å²) in [5.41, 5.74) is 0.528. The van der Waals surface area contributed by atoms with Gasteiger partial charge in [0.15, 0.2) is 18.1 Å². The summed E-state index contributed by atoms with van der Waals surface area (Å²) >= 11 is 0. The van der Waals surface area contributed by atoms with Gasteiger partial charge >= 0.3 is 5.97 Å². The van der Waals surface area contributed by atoms with Crippen molar-refractivity contribution in [1.29, 1.82) is 0 Å². The number of Topliss-reactive ketones (excluding diaryl/α,β-unsaturated/α-hetero) is 1. The highest BCUT2D eigenvalue weighted by Crippen LogP contribution is 2.27. The van der Waals surface area contributed by atoms with Gasteiger partial charge in [0.05, 0.1) is 7.11 Å². The quantitative estimate of drug-likeness (QED) is 0.467. The van der Waals surface area contributed by atoms with Crippen LogP contribution in [0, 0.1) is 0 Å². The number of phenols is 1. The summed E-state index contributed by atoms with van der Waals surface area (Å²) in [6.45, 7) is -0.215. The first-order valence-electron chi connectivity index (χ1n) is 4.91. The monoisotopic (exact) mass is 234 g/mol. The van der Waals surface area contributed by atoms with Crippen molar-refractivity contribution in [1.82, 2.24) is 0 Å². The lowest BCUT2D eigenvalue weighted by Crippen LogP contribution is -2.00. The van der Waals surface area contributed by atoms with Crippen LogP contribution in [0.15, 0.2) is 23.8 Å². The molecule has 1 heterocycles. The Morgan fingerprint density at radius 2 is 2.18 bits per heavy atom. The molecule has 0 atom stereocenters. The van der Waals surface area contributed by atoms with Gasteiger partial charge < -0.3 is 14.6 Å². The van der Waals surface area contributed by atoms with Gasteiger partial charge in [0.25, 0.3) is 0 Å². The van der Waals surface area contributed by atoms with Gasteiger partial charge in [-0.15, -0.1) is 0 Å². The summed E-state index contributed by atoms with van der Waals surface area (Å²) in [7, 11) is 1.44. The number of esters is 1. The fourth-order valence-electron chi connectivity index (χ4n) is 1.50. The molecular weight excluding hydrogens is 224 g/mol. The molecule has 1 fully saturated rings. The van der Waals surface area contributed by atoms with Crippen molar-refractivity contribution in [3.63, 3.8) is 0 Å². The number of ether oxygens (including phenoxy) is 2. The van der Waals surface area contributed by atoms with Crippen LogP contribution in [0.3, 0.4) is 0 Å². The second-order valence-corrected chi connectivity index (χ2v) is 3.49. The maximum absolute atomic E-state index is 11.3. The standard InChI is InChI=1S/C12H10O5/c1-16-11-3-2-7(5-9(11)13)4-8-10(14)6-17-12(8)15/h2-5,13H,6H2,1H3. The fourth-order valence-corrected chi connectivity index (χ4v) is 1.50. The number of aromatic hydroxyl groups is 1. The maximum Gasteiger partial charge on any atom is 0.342 e. The van der Waals surface area contributed by atoms with Gasteiger partial charge in [0.1, 0.15) is 5.57 Å². The number of methoxy groups -OCH3 is 1. The van der Waals surface area contributed by atoms with Crippen LogP contribution in [0.4, 0.5) is 0 Å². The Hall–Kier alpha value is -2.30. The molecular formula is C12H10O5. The number of carbonyl (C=O) groups excluding carboxylic acids is 2. The second-order valence-electron chi connectivity index (χ2n) is 3.49. The Morgan fingerprint density at radius 1 is 1.41 bits per heavy atom. The molecule has 0 aliphatic carbocycles. The average molecular weight is 234 g/mol. The van der Waals surface area contributed by atoms with Gasteiger partial charge in [0, 0.05) is 0 Å². The van der Waals surface area contributed by atoms with Crippen LogP contribution in [0.1, 0.15) is 5.56 Å². The third-order valence-corrected chi connectivity index (χ3v) is 2.37. The van der Waals surface area contributed by atoms with E-state index in [0.717, 1.165) is 0 Å². The van der Waals surface area contributed by atoms with Gasteiger partial charge in [-0.25, -0.2) is 4.79 Å². The van der Waals surface area contributed by atoms with Crippen molar-refractivity contribution >= 4 is 17.8 Å². The zero-order valence-corrected chi connectivity index (χ0v) is 9.10. The van der Waals surface area contributed by atoms with Gasteiger partial charge in [-0.3, -0.25) is 4.79 Å². The molecule has 0 spiro atoms. The van der Waals surface area contributed by atoms with Gasteiger partial charge in [-0.1, -0.05) is 6.07 Å². The topological polar surface area (TPSA) is 72.8 Å². The first-order chi connectivity index (χ1) is 8.11. The largest absolute Gasteiger partial charge is 0.504 e. The molecule has 0 radical (unpaired) electrons. The van der Waals surface area contributed by atoms with E-state index in [1.54, 1.807) is 12.1 Å². The van der Waals surface area contributed by atoms with Crippen LogP contribution in [0.2, 0.25) is 0 Å². The fraction of sp³-hybridized carbons (Fsp3) is 0.167. The zero-order chi connectivity index (χ0) is 12.4. The Kier molecular flexibility index (Phi) is 2.82. The predicted molar refractivity (Wildman–Crippen MR) is 58.6 cm³/mol. The maximum atomic E-state index is 11.3. The van der Waals surface area contributed by atoms with Gasteiger partial charge in [-0.05, 0) is 23.8 Å². The van der Waals surface area contributed by atoms with Gasteiger partial charge in [0.2, 0.25) is 5.78 Å². The SMILES string of the molecule is COc1ccc(C=C2C(=O)COC2=O)cc1O. The molecule has 0 aromatic heterocycles. The molecule has 1 aliphatic heterocycles. The molecule has 1 N–H and O–H groups in total. The molecule has 0 saturated carbocycles. The smallest absolute Gasteiger partial charge is 0.342 e. The summed E-state index contributed by atoms with van der Waals surface area (Å²) < 4.78 is 9.46. The lowest BCUT2D eigenvalue weighted by molar-refractivity contribution is -0.135. The van der Waals surface area contributed by atoms with Crippen LogP contribution in [0.5, 0.6) is 11.5 Å². The summed E-state index contributed by atoms with van der Waals surface area (Å²) in [4.78, 5) is 22.5. The van der Waals surface area contributed by atoms with Crippen LogP contribution in [-0.2, 0) is 14.3 Å². The van der Waals surface area contributed by atoms with Crippen molar-refractivity contribution in [2.75, 3.05) is 13.7 Å². The first kappa shape index (κ1) is 11.2. The van der Waals surface area contributed by atoms with E-state index in [0.29, 0.717) is 11.3 Å². The van der Waals surface area contributed by atoms with Crippen LogP contribution in [0.25, 0.3) is 6.08 Å². The number of ketones is 1. The normalized spacial score (nSPS) is 17.4. The van der Waals surface area contributed by atoms with Crippen LogP contribution < -0.4 is 4.74 Å². The summed E-state index contributed by atoms with van der Waals surface area (Å²) in [5, 5.41) is 9.54. The summed E-state index contributed by atoms with van der Waals surface area (Å²) in [5.74, 6) is -0.719. The molecule has 1 aromatic rings. The summed E-state index contributed by atoms with van der Waals surface area (Å²) in [6, 6.07) is 4.58. The third-order valence-electron chi connectivity index (χ3n) is 2.37. The van der Waals surface area contributed by atoms with Crippen molar-refractivity contribution in [3.05, 3.63) is 29.3 Å². The third kappa shape index (κ3) is 2.13. The molecule has 0 amide bonds. The average Bonchev–Trinajstić information content (AvgIpc) is 2.61. The molecule has 0 unspecified atom stereocenters. The molecule has 2 rings (SSSR count). The lowest BCUT2D eigenvalue weighted by atomic mass is 10.1. The van der Waals surface area contributed by atoms with Crippen molar-refractivity contribution in [2.45, 2.75) is 0 Å². The van der Waals surface area contributed by atoms with Crippen molar-refractivity contribution < 1.29 is 24.2 Å². The highest BCUT2D eigenvalue weighted by atomic mass is 16.5. The van der Waals surface area contributed by atoms with Gasteiger partial charge in [-0.2, -0.15) is 0 Å². The molecule has 5 heteroatoms. The van der Waals surface area contributed by atoms with Crippen LogP contribution >= 0.6 is 0 Å². The van der Waals surface area contributed by atoms with E-state index in [9.17, 15) is 14.7 Å². The Balaban J connectivity index is 2.36. The van der Waals surface area contributed by atoms with E-state index >= 15 is 0 Å². The minimum atomic E-state index is -0.634. The highest BCUT2D eigenvalue weighted by molar-refractivity contribution is 6.24. The highest BCUT2D eigenvalue weighted by Gasteiger charge is 2.27. The van der Waals surface area contributed by atoms with E-state index in [4.69, 9.17) is 4.74 Å². The molecule has 0 bridgehead atoms. The van der Waals surface area contributed by atoms with E-state index in [2.05, 4.69) is 4.74 Å². The molecule has 1 saturated heterocycles. The Morgan fingerprint density at radius 3 is 2.71 bits per heavy atom. The molecule has 5 nitrogen and oxygen atoms in total.